The summed E-state index contributed by atoms with van der Waals surface area (Å²) in [5, 5.41) is 6.90. The molecule has 20 heavy (non-hydrogen) atoms. The molecule has 1 fully saturated rings. The first-order valence-corrected chi connectivity index (χ1v) is 8.09. The number of carbonyl (C=O) groups excluding carboxylic acids is 1. The van der Waals surface area contributed by atoms with Crippen molar-refractivity contribution in [1.82, 2.24) is 10.6 Å². The Kier molecular flexibility index (Phi) is 5.11. The number of benzene rings is 1. The van der Waals surface area contributed by atoms with Crippen LogP contribution in [0.15, 0.2) is 35.2 Å². The van der Waals surface area contributed by atoms with Gasteiger partial charge in [-0.15, -0.1) is 11.8 Å². The maximum absolute atomic E-state index is 12.2. The second-order valence-electron chi connectivity index (χ2n) is 6.32. The Morgan fingerprint density at radius 2 is 2.00 bits per heavy atom. The number of carbonyl (C=O) groups is 1. The van der Waals surface area contributed by atoms with Gasteiger partial charge in [0.15, 0.2) is 0 Å². The quantitative estimate of drug-likeness (QED) is 0.900. The zero-order valence-corrected chi connectivity index (χ0v) is 13.3. The van der Waals surface area contributed by atoms with Crippen molar-refractivity contribution in [3.8, 4) is 0 Å². The van der Waals surface area contributed by atoms with Crippen LogP contribution < -0.4 is 10.6 Å². The molecule has 4 heteroatoms. The van der Waals surface area contributed by atoms with Crippen LogP contribution in [0.5, 0.6) is 0 Å². The largest absolute Gasteiger partial charge is 0.350 e. The third-order valence-corrected chi connectivity index (χ3v) is 4.52. The molecule has 2 N–H and O–H groups in total. The molecule has 0 unspecified atom stereocenters. The minimum Gasteiger partial charge on any atom is -0.350 e. The second kappa shape index (κ2) is 6.64. The van der Waals surface area contributed by atoms with Crippen molar-refractivity contribution in [3.63, 3.8) is 0 Å². The van der Waals surface area contributed by atoms with E-state index in [2.05, 4.69) is 34.9 Å². The summed E-state index contributed by atoms with van der Waals surface area (Å²) >= 11 is 1.88. The molecule has 0 radical (unpaired) electrons. The summed E-state index contributed by atoms with van der Waals surface area (Å²) in [6.07, 6.45) is 2.00. The van der Waals surface area contributed by atoms with Gasteiger partial charge < -0.3 is 10.6 Å². The summed E-state index contributed by atoms with van der Waals surface area (Å²) in [7, 11) is 0. The van der Waals surface area contributed by atoms with E-state index in [9.17, 15) is 4.79 Å². The smallest absolute Gasteiger partial charge is 0.237 e. The highest BCUT2D eigenvalue weighted by atomic mass is 32.2. The Bertz CT molecular complexity index is 442. The van der Waals surface area contributed by atoms with E-state index in [1.807, 2.05) is 38.6 Å². The van der Waals surface area contributed by atoms with Crippen LogP contribution in [0.2, 0.25) is 0 Å². The summed E-state index contributed by atoms with van der Waals surface area (Å²) in [4.78, 5) is 13.5. The minimum atomic E-state index is -0.168. The van der Waals surface area contributed by atoms with Gasteiger partial charge in [0.1, 0.15) is 0 Å². The van der Waals surface area contributed by atoms with E-state index in [-0.39, 0.29) is 17.5 Å². The van der Waals surface area contributed by atoms with Gasteiger partial charge in [-0.1, -0.05) is 18.2 Å². The minimum absolute atomic E-state index is 0.0656. The lowest BCUT2D eigenvalue weighted by atomic mass is 10.0. The monoisotopic (exact) mass is 292 g/mol. The molecule has 3 nitrogen and oxygen atoms in total. The Morgan fingerprint density at radius 3 is 2.65 bits per heavy atom. The molecule has 1 amide bonds. The van der Waals surface area contributed by atoms with E-state index in [1.54, 1.807) is 0 Å². The molecule has 1 aromatic carbocycles. The van der Waals surface area contributed by atoms with Crippen LogP contribution in [0.3, 0.4) is 0 Å². The molecular formula is C16H24N2OS. The van der Waals surface area contributed by atoms with Crippen LogP contribution >= 0.6 is 11.8 Å². The molecule has 2 rings (SSSR count). The normalized spacial score (nSPS) is 23.4. The van der Waals surface area contributed by atoms with Crippen molar-refractivity contribution < 1.29 is 4.79 Å². The number of hydrogen-bond donors (Lipinski definition) is 2. The number of piperidine rings is 1. The first-order valence-electron chi connectivity index (χ1n) is 7.21. The molecule has 2 atom stereocenters. The average Bonchev–Trinajstić information content (AvgIpc) is 2.38. The van der Waals surface area contributed by atoms with Gasteiger partial charge in [0.05, 0.1) is 6.04 Å². The number of nitrogens with one attached hydrogen (secondary N) is 2. The van der Waals surface area contributed by atoms with Crippen LogP contribution in [0.4, 0.5) is 0 Å². The zero-order chi connectivity index (χ0) is 14.6. The number of thioether (sulfide) groups is 1. The van der Waals surface area contributed by atoms with Gasteiger partial charge >= 0.3 is 0 Å². The standard InChI is InChI=1S/C16H24N2OS/c1-16(2,3)18-15(19)14-11-13(9-10-17-14)20-12-7-5-4-6-8-12/h4-8,13-14,17H,9-11H2,1-3H3,(H,18,19)/t13-,14+/m1/s1. The van der Waals surface area contributed by atoms with Crippen molar-refractivity contribution in [2.45, 2.75) is 55.3 Å². The average molecular weight is 292 g/mol. The molecule has 0 bridgehead atoms. The highest BCUT2D eigenvalue weighted by Crippen LogP contribution is 2.30. The van der Waals surface area contributed by atoms with E-state index in [1.165, 1.54) is 4.90 Å². The third-order valence-electron chi connectivity index (χ3n) is 3.22. The van der Waals surface area contributed by atoms with E-state index in [0.29, 0.717) is 5.25 Å². The Hall–Kier alpha value is -1.00. The van der Waals surface area contributed by atoms with Crippen molar-refractivity contribution in [2.24, 2.45) is 0 Å². The maximum atomic E-state index is 12.2. The van der Waals surface area contributed by atoms with Crippen LogP contribution in [0.25, 0.3) is 0 Å². The Balaban J connectivity index is 1.90. The topological polar surface area (TPSA) is 41.1 Å². The summed E-state index contributed by atoms with van der Waals surface area (Å²) in [5.41, 5.74) is -0.168. The predicted molar refractivity (Wildman–Crippen MR) is 85.0 cm³/mol. The molecule has 1 aliphatic heterocycles. The molecule has 1 saturated heterocycles. The van der Waals surface area contributed by atoms with Crippen LogP contribution in [-0.2, 0) is 4.79 Å². The van der Waals surface area contributed by atoms with Gasteiger partial charge in [-0.05, 0) is 52.3 Å². The second-order valence-corrected chi connectivity index (χ2v) is 7.70. The lowest BCUT2D eigenvalue weighted by Crippen LogP contribution is -2.53. The van der Waals surface area contributed by atoms with E-state index in [4.69, 9.17) is 0 Å². The summed E-state index contributed by atoms with van der Waals surface area (Å²) in [6.45, 7) is 6.96. The lowest BCUT2D eigenvalue weighted by Gasteiger charge is -2.31. The van der Waals surface area contributed by atoms with Crippen LogP contribution in [0.1, 0.15) is 33.6 Å². The van der Waals surface area contributed by atoms with Crippen molar-refractivity contribution >= 4 is 17.7 Å². The molecule has 1 aromatic rings. The van der Waals surface area contributed by atoms with Crippen molar-refractivity contribution in [2.75, 3.05) is 6.54 Å². The Morgan fingerprint density at radius 1 is 1.30 bits per heavy atom. The fraction of sp³-hybridized carbons (Fsp3) is 0.562. The lowest BCUT2D eigenvalue weighted by molar-refractivity contribution is -0.125. The fourth-order valence-corrected chi connectivity index (χ4v) is 3.56. The molecule has 1 heterocycles. The van der Waals surface area contributed by atoms with Gasteiger partial charge in [-0.2, -0.15) is 0 Å². The highest BCUT2D eigenvalue weighted by Gasteiger charge is 2.29. The van der Waals surface area contributed by atoms with Gasteiger partial charge in [-0.3, -0.25) is 4.79 Å². The van der Waals surface area contributed by atoms with Crippen LogP contribution in [-0.4, -0.2) is 29.3 Å². The number of amides is 1. The Labute approximate surface area is 125 Å². The fourth-order valence-electron chi connectivity index (χ4n) is 2.34. The molecule has 1 aliphatic rings. The maximum Gasteiger partial charge on any atom is 0.237 e. The predicted octanol–water partition coefficient (Wildman–Crippen LogP) is 2.81. The summed E-state index contributed by atoms with van der Waals surface area (Å²) in [5.74, 6) is 0.121. The molecule has 0 aromatic heterocycles. The number of rotatable bonds is 3. The molecule has 0 spiro atoms. The highest BCUT2D eigenvalue weighted by molar-refractivity contribution is 8.00. The van der Waals surface area contributed by atoms with E-state index >= 15 is 0 Å². The third kappa shape index (κ3) is 4.84. The molecule has 0 saturated carbocycles. The van der Waals surface area contributed by atoms with E-state index in [0.717, 1.165) is 19.4 Å². The first kappa shape index (κ1) is 15.4. The van der Waals surface area contributed by atoms with E-state index < -0.39 is 0 Å². The molecule has 0 aliphatic carbocycles. The zero-order valence-electron chi connectivity index (χ0n) is 12.5. The molecule has 110 valence electrons. The number of hydrogen-bond acceptors (Lipinski definition) is 3. The van der Waals surface area contributed by atoms with Crippen molar-refractivity contribution in [1.29, 1.82) is 0 Å². The van der Waals surface area contributed by atoms with Gasteiger partial charge in [0.25, 0.3) is 0 Å². The summed E-state index contributed by atoms with van der Waals surface area (Å²) < 4.78 is 0. The first-order chi connectivity index (χ1) is 9.44. The van der Waals surface area contributed by atoms with Crippen molar-refractivity contribution in [3.05, 3.63) is 30.3 Å². The SMILES string of the molecule is CC(C)(C)NC(=O)[C@@H]1C[C@H](Sc2ccccc2)CCN1. The van der Waals surface area contributed by atoms with Crippen LogP contribution in [0, 0.1) is 0 Å². The molecular weight excluding hydrogens is 268 g/mol. The van der Waals surface area contributed by atoms with Gasteiger partial charge in [0, 0.05) is 15.7 Å². The van der Waals surface area contributed by atoms with Gasteiger partial charge in [0.2, 0.25) is 5.91 Å². The van der Waals surface area contributed by atoms with Gasteiger partial charge in [-0.25, -0.2) is 0 Å². The summed E-state index contributed by atoms with van der Waals surface area (Å²) in [6, 6.07) is 10.4.